The zero-order valence-electron chi connectivity index (χ0n) is 14.4. The smallest absolute Gasteiger partial charge is 0.319 e. The lowest BCUT2D eigenvalue weighted by molar-refractivity contribution is -0.137. The van der Waals surface area contributed by atoms with Gasteiger partial charge in [-0.25, -0.2) is 4.79 Å². The third-order valence-corrected chi connectivity index (χ3v) is 4.45. The Hall–Kier alpha value is -2.47. The highest BCUT2D eigenvalue weighted by Gasteiger charge is 2.04. The van der Waals surface area contributed by atoms with Crippen molar-refractivity contribution in [2.24, 2.45) is 0 Å². The standard InChI is InChI=1S/C19H22N2O3S/c1-14-6-8-15(9-7-14)11-20-19(23)21-17-5-3-4-16(10-17)12-25-13-18(22)24-2/h3-10H,11-13H2,1-2H3,(H2,20,21,23). The van der Waals surface area contributed by atoms with Crippen LogP contribution < -0.4 is 10.6 Å². The first-order valence-electron chi connectivity index (χ1n) is 7.90. The molecular weight excluding hydrogens is 336 g/mol. The molecule has 2 N–H and O–H groups in total. The summed E-state index contributed by atoms with van der Waals surface area (Å²) in [7, 11) is 1.38. The molecule has 0 radical (unpaired) electrons. The highest BCUT2D eigenvalue weighted by molar-refractivity contribution is 7.99. The van der Waals surface area contributed by atoms with E-state index in [4.69, 9.17) is 0 Å². The summed E-state index contributed by atoms with van der Waals surface area (Å²) in [5.41, 5.74) is 3.99. The summed E-state index contributed by atoms with van der Waals surface area (Å²) >= 11 is 1.47. The summed E-state index contributed by atoms with van der Waals surface area (Å²) in [6.45, 7) is 2.50. The first-order chi connectivity index (χ1) is 12.1. The molecule has 2 amide bonds. The van der Waals surface area contributed by atoms with E-state index in [-0.39, 0.29) is 12.0 Å². The van der Waals surface area contributed by atoms with E-state index in [9.17, 15) is 9.59 Å². The number of esters is 1. The van der Waals surface area contributed by atoms with E-state index in [0.717, 1.165) is 16.8 Å². The Kier molecular flexibility index (Phi) is 7.35. The van der Waals surface area contributed by atoms with Crippen LogP contribution in [0.1, 0.15) is 16.7 Å². The lowest BCUT2D eigenvalue weighted by Crippen LogP contribution is -2.28. The van der Waals surface area contributed by atoms with Gasteiger partial charge in [0.05, 0.1) is 12.9 Å². The third-order valence-electron chi connectivity index (χ3n) is 3.47. The van der Waals surface area contributed by atoms with Crippen molar-refractivity contribution >= 4 is 29.4 Å². The number of urea groups is 1. The highest BCUT2D eigenvalue weighted by atomic mass is 32.2. The van der Waals surface area contributed by atoms with Crippen molar-refractivity contribution < 1.29 is 14.3 Å². The summed E-state index contributed by atoms with van der Waals surface area (Å²) < 4.78 is 4.61. The van der Waals surface area contributed by atoms with Gasteiger partial charge >= 0.3 is 12.0 Å². The Morgan fingerprint density at radius 3 is 2.56 bits per heavy atom. The highest BCUT2D eigenvalue weighted by Crippen LogP contribution is 2.16. The lowest BCUT2D eigenvalue weighted by atomic mass is 10.1. The Morgan fingerprint density at radius 2 is 1.84 bits per heavy atom. The number of ether oxygens (including phenoxy) is 1. The molecule has 0 aromatic heterocycles. The van der Waals surface area contributed by atoms with E-state index in [0.29, 0.717) is 18.1 Å². The fourth-order valence-electron chi connectivity index (χ4n) is 2.11. The van der Waals surface area contributed by atoms with E-state index >= 15 is 0 Å². The van der Waals surface area contributed by atoms with Crippen LogP contribution in [0.5, 0.6) is 0 Å². The number of hydrogen-bond acceptors (Lipinski definition) is 4. The first kappa shape index (κ1) is 18.9. The van der Waals surface area contributed by atoms with Crippen LogP contribution >= 0.6 is 11.8 Å². The number of hydrogen-bond donors (Lipinski definition) is 2. The van der Waals surface area contributed by atoms with Crippen LogP contribution in [0.4, 0.5) is 10.5 Å². The molecular formula is C19H22N2O3S. The molecule has 0 aliphatic rings. The normalized spacial score (nSPS) is 10.2. The SMILES string of the molecule is COC(=O)CSCc1cccc(NC(=O)NCc2ccc(C)cc2)c1. The van der Waals surface area contributed by atoms with Crippen LogP contribution in [-0.2, 0) is 21.8 Å². The van der Waals surface area contributed by atoms with Crippen molar-refractivity contribution in [2.75, 3.05) is 18.2 Å². The van der Waals surface area contributed by atoms with Gasteiger partial charge in [-0.3, -0.25) is 4.79 Å². The monoisotopic (exact) mass is 358 g/mol. The summed E-state index contributed by atoms with van der Waals surface area (Å²) in [5.74, 6) is 0.746. The van der Waals surface area contributed by atoms with Gasteiger partial charge in [-0.15, -0.1) is 11.8 Å². The molecule has 5 nitrogen and oxygen atoms in total. The van der Waals surface area contributed by atoms with Crippen LogP contribution in [0, 0.1) is 6.92 Å². The molecule has 0 bridgehead atoms. The van der Waals surface area contributed by atoms with Crippen molar-refractivity contribution in [3.63, 3.8) is 0 Å². The van der Waals surface area contributed by atoms with Crippen molar-refractivity contribution in [3.05, 3.63) is 65.2 Å². The Balaban J connectivity index is 1.80. The molecule has 0 atom stereocenters. The zero-order chi connectivity index (χ0) is 18.1. The molecule has 2 rings (SSSR count). The fourth-order valence-corrected chi connectivity index (χ4v) is 2.92. The minimum Gasteiger partial charge on any atom is -0.468 e. The van der Waals surface area contributed by atoms with Gasteiger partial charge in [0.25, 0.3) is 0 Å². The molecule has 0 aliphatic carbocycles. The van der Waals surface area contributed by atoms with Crippen LogP contribution in [0.2, 0.25) is 0 Å². The third kappa shape index (κ3) is 6.89. The predicted molar refractivity (Wildman–Crippen MR) is 102 cm³/mol. The Bertz CT molecular complexity index is 717. The Labute approximate surface area is 152 Å². The minimum absolute atomic E-state index is 0.241. The second-order valence-corrected chi connectivity index (χ2v) is 6.55. The number of thioether (sulfide) groups is 1. The van der Waals surface area contributed by atoms with Crippen molar-refractivity contribution in [1.29, 1.82) is 0 Å². The second-order valence-electron chi connectivity index (χ2n) is 5.56. The Morgan fingerprint density at radius 1 is 1.08 bits per heavy atom. The van der Waals surface area contributed by atoms with E-state index in [1.165, 1.54) is 24.4 Å². The van der Waals surface area contributed by atoms with Gasteiger partial charge in [-0.1, -0.05) is 42.0 Å². The molecule has 0 saturated carbocycles. The van der Waals surface area contributed by atoms with E-state index in [2.05, 4.69) is 15.4 Å². The molecule has 25 heavy (non-hydrogen) atoms. The van der Waals surface area contributed by atoms with E-state index in [1.807, 2.05) is 55.5 Å². The molecule has 0 saturated heterocycles. The lowest BCUT2D eigenvalue weighted by Gasteiger charge is -2.09. The maximum absolute atomic E-state index is 12.0. The number of carbonyl (C=O) groups is 2. The predicted octanol–water partition coefficient (Wildman–Crippen LogP) is 3.72. The molecule has 0 fully saturated rings. The van der Waals surface area contributed by atoms with Crippen molar-refractivity contribution in [2.45, 2.75) is 19.2 Å². The van der Waals surface area contributed by atoms with E-state index in [1.54, 1.807) is 0 Å². The summed E-state index contributed by atoms with van der Waals surface area (Å²) in [4.78, 5) is 23.1. The van der Waals surface area contributed by atoms with Gasteiger partial charge in [0.15, 0.2) is 0 Å². The van der Waals surface area contributed by atoms with Crippen LogP contribution in [0.3, 0.4) is 0 Å². The number of rotatable bonds is 7. The van der Waals surface area contributed by atoms with Gasteiger partial charge in [0.1, 0.15) is 0 Å². The molecule has 0 aliphatic heterocycles. The number of benzene rings is 2. The number of aryl methyl sites for hydroxylation is 1. The maximum Gasteiger partial charge on any atom is 0.319 e. The largest absolute Gasteiger partial charge is 0.468 e. The summed E-state index contributed by atoms with van der Waals surface area (Å²) in [6, 6.07) is 15.3. The molecule has 2 aromatic rings. The number of carbonyl (C=O) groups excluding carboxylic acids is 2. The van der Waals surface area contributed by atoms with Gasteiger partial charge < -0.3 is 15.4 Å². The van der Waals surface area contributed by atoms with Crippen molar-refractivity contribution in [3.8, 4) is 0 Å². The minimum atomic E-state index is -0.250. The fraction of sp³-hybridized carbons (Fsp3) is 0.263. The average molecular weight is 358 g/mol. The van der Waals surface area contributed by atoms with E-state index < -0.39 is 0 Å². The molecule has 0 spiro atoms. The van der Waals surface area contributed by atoms with Crippen LogP contribution in [0.25, 0.3) is 0 Å². The summed E-state index contributed by atoms with van der Waals surface area (Å²) in [5, 5.41) is 5.66. The first-order valence-corrected chi connectivity index (χ1v) is 9.06. The van der Waals surface area contributed by atoms with Gasteiger partial charge in [0.2, 0.25) is 0 Å². The molecule has 2 aromatic carbocycles. The van der Waals surface area contributed by atoms with Gasteiger partial charge in [-0.2, -0.15) is 0 Å². The average Bonchev–Trinajstić information content (AvgIpc) is 2.61. The number of anilines is 1. The van der Waals surface area contributed by atoms with Gasteiger partial charge in [-0.05, 0) is 30.2 Å². The zero-order valence-corrected chi connectivity index (χ0v) is 15.2. The topological polar surface area (TPSA) is 67.4 Å². The number of methoxy groups -OCH3 is 1. The van der Waals surface area contributed by atoms with Crippen LogP contribution in [-0.4, -0.2) is 24.9 Å². The summed E-state index contributed by atoms with van der Waals surface area (Å²) in [6.07, 6.45) is 0. The molecule has 0 unspecified atom stereocenters. The maximum atomic E-state index is 12.0. The number of nitrogens with one attached hydrogen (secondary N) is 2. The van der Waals surface area contributed by atoms with Crippen LogP contribution in [0.15, 0.2) is 48.5 Å². The molecule has 0 heterocycles. The quantitative estimate of drug-likeness (QED) is 0.740. The molecule has 132 valence electrons. The van der Waals surface area contributed by atoms with Crippen molar-refractivity contribution in [1.82, 2.24) is 5.32 Å². The second kappa shape index (κ2) is 9.74. The molecule has 6 heteroatoms. The van der Waals surface area contributed by atoms with Gasteiger partial charge in [0, 0.05) is 18.0 Å². The number of amides is 2.